The topological polar surface area (TPSA) is 111 Å². The molecule has 5 rings (SSSR count). The number of nitrogens with one attached hydrogen (secondary N) is 1. The van der Waals surface area contributed by atoms with Crippen molar-refractivity contribution in [2.45, 2.75) is 40.2 Å². The number of benzene rings is 2. The molecule has 2 aromatic carbocycles. The molecule has 1 amide bonds. The first-order chi connectivity index (χ1) is 21.7. The van der Waals surface area contributed by atoms with Gasteiger partial charge in [0.2, 0.25) is 0 Å². The number of aromatic nitrogens is 3. The first kappa shape index (κ1) is 33.4. The summed E-state index contributed by atoms with van der Waals surface area (Å²) in [7, 11) is 3.30. The van der Waals surface area contributed by atoms with Gasteiger partial charge < -0.3 is 23.8 Å². The predicted molar refractivity (Wildman–Crippen MR) is 178 cm³/mol. The molecule has 0 aliphatic carbocycles. The van der Waals surface area contributed by atoms with Gasteiger partial charge in [0.1, 0.15) is 22.9 Å². The second-order valence-electron chi connectivity index (χ2n) is 11.2. The molecule has 0 bridgehead atoms. The molecule has 0 saturated carbocycles. The zero-order valence-corrected chi connectivity index (χ0v) is 27.3. The van der Waals surface area contributed by atoms with E-state index in [1.807, 2.05) is 71.0 Å². The number of ether oxygens (including phenoxy) is 4. The number of hydrogen-bond donors (Lipinski definition) is 1. The number of hydrogen-bond acceptors (Lipinski definition) is 10. The van der Waals surface area contributed by atoms with Crippen LogP contribution in [0.4, 0.5) is 22.0 Å². The highest BCUT2D eigenvalue weighted by atomic mass is 16.6. The fraction of sp³-hybridized carbons (Fsp3) is 0.412. The molecule has 240 valence electrons. The second-order valence-corrected chi connectivity index (χ2v) is 11.2. The smallest absolute Gasteiger partial charge is 0.413 e. The summed E-state index contributed by atoms with van der Waals surface area (Å²) >= 11 is 0. The Hall–Kier alpha value is -4.48. The molecular formula is C34H44N6O5. The zero-order chi connectivity index (χ0) is 32.4. The number of carbonyl (C=O) groups is 1. The molecule has 1 saturated heterocycles. The van der Waals surface area contributed by atoms with E-state index in [4.69, 9.17) is 23.9 Å². The Morgan fingerprint density at radius 3 is 2.24 bits per heavy atom. The van der Waals surface area contributed by atoms with E-state index < -0.39 is 11.7 Å². The second kappa shape index (κ2) is 15.5. The predicted octanol–water partition coefficient (Wildman–Crippen LogP) is 6.55. The highest BCUT2D eigenvalue weighted by Gasteiger charge is 2.18. The van der Waals surface area contributed by atoms with Crippen molar-refractivity contribution in [3.8, 4) is 22.8 Å². The lowest BCUT2D eigenvalue weighted by Gasteiger charge is -2.31. The number of anilines is 3. The molecule has 2 aromatic heterocycles. The number of methoxy groups -OCH3 is 2. The van der Waals surface area contributed by atoms with Crippen molar-refractivity contribution in [3.63, 3.8) is 0 Å². The van der Waals surface area contributed by atoms with Crippen LogP contribution in [0.25, 0.3) is 22.3 Å². The molecule has 0 atom stereocenters. The van der Waals surface area contributed by atoms with Crippen LogP contribution >= 0.6 is 0 Å². The van der Waals surface area contributed by atoms with Crippen LogP contribution in [0.1, 0.15) is 34.6 Å². The van der Waals surface area contributed by atoms with Crippen molar-refractivity contribution in [3.05, 3.63) is 60.9 Å². The molecule has 4 aromatic rings. The molecule has 3 heterocycles. The Balaban J connectivity index is 0.00000226. The third kappa shape index (κ3) is 9.26. The molecule has 45 heavy (non-hydrogen) atoms. The Morgan fingerprint density at radius 1 is 0.911 bits per heavy atom. The Kier molecular flexibility index (Phi) is 11.5. The normalized spacial score (nSPS) is 13.4. The van der Waals surface area contributed by atoms with Gasteiger partial charge in [-0.3, -0.25) is 15.2 Å². The molecule has 11 heteroatoms. The SMILES string of the molecule is CC.COc1cc(OC)cc(N(CCN2CCOCC2)c2ccc3ncc(-c4ccc(NC(=O)OC(C)(C)C)nc4)nc3c2)c1. The summed E-state index contributed by atoms with van der Waals surface area (Å²) < 4.78 is 22.0. The van der Waals surface area contributed by atoms with Crippen LogP contribution in [0.3, 0.4) is 0 Å². The molecule has 0 spiro atoms. The zero-order valence-electron chi connectivity index (χ0n) is 27.3. The van der Waals surface area contributed by atoms with Crippen molar-refractivity contribution in [2.75, 3.05) is 63.8 Å². The lowest BCUT2D eigenvalue weighted by molar-refractivity contribution is 0.0394. The quantitative estimate of drug-likeness (QED) is 0.222. The van der Waals surface area contributed by atoms with Crippen molar-refractivity contribution in [2.24, 2.45) is 0 Å². The summed E-state index contributed by atoms with van der Waals surface area (Å²) in [5.74, 6) is 1.81. The number of carbonyl (C=O) groups excluding carboxylic acids is 1. The summed E-state index contributed by atoms with van der Waals surface area (Å²) in [4.78, 5) is 30.7. The third-order valence-corrected chi connectivity index (χ3v) is 6.92. The Morgan fingerprint density at radius 2 is 1.62 bits per heavy atom. The fourth-order valence-corrected chi connectivity index (χ4v) is 4.76. The average molecular weight is 617 g/mol. The van der Waals surface area contributed by atoms with Crippen molar-refractivity contribution < 1.29 is 23.7 Å². The molecule has 1 fully saturated rings. The Labute approximate surface area is 265 Å². The van der Waals surface area contributed by atoms with Crippen molar-refractivity contribution in [1.29, 1.82) is 0 Å². The van der Waals surface area contributed by atoms with Gasteiger partial charge in [-0.1, -0.05) is 13.8 Å². The maximum atomic E-state index is 12.1. The van der Waals surface area contributed by atoms with Gasteiger partial charge in [0.05, 0.1) is 50.4 Å². The van der Waals surface area contributed by atoms with Gasteiger partial charge in [0, 0.05) is 67.5 Å². The van der Waals surface area contributed by atoms with Gasteiger partial charge in [0.15, 0.2) is 0 Å². The number of nitrogens with zero attached hydrogens (tertiary/aromatic N) is 5. The minimum absolute atomic E-state index is 0.388. The molecule has 1 aliphatic heterocycles. The van der Waals surface area contributed by atoms with Crippen LogP contribution in [-0.4, -0.2) is 85.2 Å². The number of rotatable bonds is 9. The maximum absolute atomic E-state index is 12.1. The largest absolute Gasteiger partial charge is 0.497 e. The molecule has 0 unspecified atom stereocenters. The first-order valence-electron chi connectivity index (χ1n) is 15.2. The van der Waals surface area contributed by atoms with E-state index >= 15 is 0 Å². The van der Waals surface area contributed by atoms with E-state index in [0.29, 0.717) is 23.0 Å². The van der Waals surface area contributed by atoms with Gasteiger partial charge in [0.25, 0.3) is 0 Å². The van der Waals surface area contributed by atoms with E-state index in [0.717, 1.165) is 67.4 Å². The minimum atomic E-state index is -0.597. The Bertz CT molecular complexity index is 1530. The van der Waals surface area contributed by atoms with E-state index in [1.165, 1.54) is 0 Å². The summed E-state index contributed by atoms with van der Waals surface area (Å²) in [5, 5.41) is 2.65. The molecule has 1 N–H and O–H groups in total. The van der Waals surface area contributed by atoms with Crippen LogP contribution < -0.4 is 19.7 Å². The number of pyridine rings is 1. The van der Waals surface area contributed by atoms with Crippen molar-refractivity contribution >= 4 is 34.3 Å². The van der Waals surface area contributed by atoms with Crippen LogP contribution in [0.2, 0.25) is 0 Å². The van der Waals surface area contributed by atoms with Gasteiger partial charge >= 0.3 is 6.09 Å². The van der Waals surface area contributed by atoms with Gasteiger partial charge in [-0.25, -0.2) is 14.8 Å². The van der Waals surface area contributed by atoms with Crippen molar-refractivity contribution in [1.82, 2.24) is 19.9 Å². The van der Waals surface area contributed by atoms with Gasteiger partial charge in [-0.05, 0) is 51.1 Å². The highest BCUT2D eigenvalue weighted by Crippen LogP contribution is 2.34. The average Bonchev–Trinajstić information content (AvgIpc) is 3.05. The van der Waals surface area contributed by atoms with E-state index in [-0.39, 0.29) is 0 Å². The molecule has 0 radical (unpaired) electrons. The van der Waals surface area contributed by atoms with Crippen LogP contribution in [0.5, 0.6) is 11.5 Å². The monoisotopic (exact) mass is 616 g/mol. The molecule has 11 nitrogen and oxygen atoms in total. The minimum Gasteiger partial charge on any atom is -0.497 e. The summed E-state index contributed by atoms with van der Waals surface area (Å²) in [6.45, 7) is 14.3. The van der Waals surface area contributed by atoms with Crippen LogP contribution in [-0.2, 0) is 9.47 Å². The lowest BCUT2D eigenvalue weighted by Crippen LogP contribution is -2.40. The van der Waals surface area contributed by atoms with Gasteiger partial charge in [-0.15, -0.1) is 0 Å². The van der Waals surface area contributed by atoms with E-state index in [9.17, 15) is 4.79 Å². The number of amides is 1. The summed E-state index contributed by atoms with van der Waals surface area (Å²) in [6.07, 6.45) is 2.82. The third-order valence-electron chi connectivity index (χ3n) is 6.92. The fourth-order valence-electron chi connectivity index (χ4n) is 4.76. The van der Waals surface area contributed by atoms with Crippen LogP contribution in [0, 0.1) is 0 Å². The number of morpholine rings is 1. The highest BCUT2D eigenvalue weighted by molar-refractivity contribution is 5.85. The summed E-state index contributed by atoms with van der Waals surface area (Å²) in [6, 6.07) is 15.5. The first-order valence-corrected chi connectivity index (χ1v) is 15.2. The number of fused-ring (bicyclic) bond motifs is 1. The molecule has 1 aliphatic rings. The lowest BCUT2D eigenvalue weighted by atomic mass is 10.1. The maximum Gasteiger partial charge on any atom is 0.413 e. The standard InChI is InChI=1S/C32H38N6O5.C2H6/c1-32(2,3)43-31(39)36-30-9-6-22(20-34-30)29-21-33-27-8-7-23(18-28(27)35-29)38(11-10-37-12-14-42-15-13-37)24-16-25(40-4)19-26(17-24)41-5;1-2/h6-9,16-21H,10-15H2,1-5H3,(H,34,36,39);1-2H3. The van der Waals surface area contributed by atoms with Crippen LogP contribution in [0.15, 0.2) is 60.9 Å². The molecular weight excluding hydrogens is 572 g/mol. The van der Waals surface area contributed by atoms with Gasteiger partial charge in [-0.2, -0.15) is 0 Å². The summed E-state index contributed by atoms with van der Waals surface area (Å²) in [5.41, 5.74) is 4.29. The van der Waals surface area contributed by atoms with E-state index in [2.05, 4.69) is 31.2 Å². The van der Waals surface area contributed by atoms with E-state index in [1.54, 1.807) is 32.7 Å².